The van der Waals surface area contributed by atoms with Gasteiger partial charge in [-0.3, -0.25) is 0 Å². The molecule has 2 aromatic rings. The van der Waals surface area contributed by atoms with Gasteiger partial charge in [-0.2, -0.15) is 0 Å². The number of rotatable bonds is 1. The maximum atomic E-state index is 6.56. The standard InChI is InChI=1S/C14H19N3/c1-17-12-8-4-3-7-11(12)16-13(17)14(15)9-5-2-6-10-14/h3-4,7-8H,2,5-6,9-10,15H2,1H3. The Balaban J connectivity index is 2.13. The van der Waals surface area contributed by atoms with Gasteiger partial charge >= 0.3 is 0 Å². The van der Waals surface area contributed by atoms with E-state index >= 15 is 0 Å². The second kappa shape index (κ2) is 3.84. The van der Waals surface area contributed by atoms with E-state index in [1.165, 1.54) is 24.8 Å². The van der Waals surface area contributed by atoms with Crippen molar-refractivity contribution in [2.75, 3.05) is 0 Å². The van der Waals surface area contributed by atoms with E-state index in [0.29, 0.717) is 0 Å². The lowest BCUT2D eigenvalue weighted by Gasteiger charge is -2.32. The predicted molar refractivity (Wildman–Crippen MR) is 69.7 cm³/mol. The summed E-state index contributed by atoms with van der Waals surface area (Å²) in [6.45, 7) is 0. The highest BCUT2D eigenvalue weighted by Crippen LogP contribution is 2.35. The lowest BCUT2D eigenvalue weighted by Crippen LogP contribution is -2.41. The second-order valence-electron chi connectivity index (χ2n) is 5.20. The summed E-state index contributed by atoms with van der Waals surface area (Å²) < 4.78 is 2.17. The Labute approximate surface area is 102 Å². The van der Waals surface area contributed by atoms with Crippen LogP contribution in [0, 0.1) is 0 Å². The summed E-state index contributed by atoms with van der Waals surface area (Å²) in [5.41, 5.74) is 8.58. The summed E-state index contributed by atoms with van der Waals surface area (Å²) in [5.74, 6) is 1.05. The van der Waals surface area contributed by atoms with Gasteiger partial charge < -0.3 is 10.3 Å². The first-order valence-corrected chi connectivity index (χ1v) is 6.41. The van der Waals surface area contributed by atoms with Crippen LogP contribution in [0.2, 0.25) is 0 Å². The smallest absolute Gasteiger partial charge is 0.129 e. The van der Waals surface area contributed by atoms with Gasteiger partial charge in [0, 0.05) is 7.05 Å². The van der Waals surface area contributed by atoms with Gasteiger partial charge in [0.15, 0.2) is 0 Å². The average molecular weight is 229 g/mol. The molecule has 3 nitrogen and oxygen atoms in total. The summed E-state index contributed by atoms with van der Waals surface area (Å²) in [7, 11) is 2.08. The molecule has 0 atom stereocenters. The molecule has 0 amide bonds. The van der Waals surface area contributed by atoms with Crippen LogP contribution in [0.25, 0.3) is 11.0 Å². The fraction of sp³-hybridized carbons (Fsp3) is 0.500. The van der Waals surface area contributed by atoms with Crippen LogP contribution >= 0.6 is 0 Å². The van der Waals surface area contributed by atoms with Crippen LogP contribution < -0.4 is 5.73 Å². The van der Waals surface area contributed by atoms with Crippen LogP contribution in [0.3, 0.4) is 0 Å². The van der Waals surface area contributed by atoms with Gasteiger partial charge in [-0.25, -0.2) is 4.98 Å². The molecule has 90 valence electrons. The summed E-state index contributed by atoms with van der Waals surface area (Å²) in [4.78, 5) is 4.75. The van der Waals surface area contributed by atoms with Crippen molar-refractivity contribution < 1.29 is 0 Å². The van der Waals surface area contributed by atoms with Crippen molar-refractivity contribution in [3.8, 4) is 0 Å². The minimum absolute atomic E-state index is 0.216. The van der Waals surface area contributed by atoms with Crippen molar-refractivity contribution >= 4 is 11.0 Å². The maximum Gasteiger partial charge on any atom is 0.129 e. The Kier molecular flexibility index (Phi) is 2.44. The molecule has 1 aromatic heterocycles. The van der Waals surface area contributed by atoms with E-state index in [9.17, 15) is 0 Å². The molecule has 1 heterocycles. The van der Waals surface area contributed by atoms with Crippen molar-refractivity contribution in [3.05, 3.63) is 30.1 Å². The Hall–Kier alpha value is -1.35. The summed E-state index contributed by atoms with van der Waals surface area (Å²) >= 11 is 0. The van der Waals surface area contributed by atoms with Gasteiger partial charge in [0.05, 0.1) is 16.6 Å². The molecule has 0 bridgehead atoms. The van der Waals surface area contributed by atoms with Crippen molar-refractivity contribution in [2.24, 2.45) is 12.8 Å². The fourth-order valence-corrected chi connectivity index (χ4v) is 3.00. The highest BCUT2D eigenvalue weighted by atomic mass is 15.1. The topological polar surface area (TPSA) is 43.8 Å². The van der Waals surface area contributed by atoms with Crippen LogP contribution in [0.1, 0.15) is 37.9 Å². The Morgan fingerprint density at radius 1 is 1.18 bits per heavy atom. The van der Waals surface area contributed by atoms with Crippen molar-refractivity contribution in [1.29, 1.82) is 0 Å². The molecule has 17 heavy (non-hydrogen) atoms. The van der Waals surface area contributed by atoms with Crippen LogP contribution in [0.4, 0.5) is 0 Å². The number of nitrogens with zero attached hydrogens (tertiary/aromatic N) is 2. The molecule has 0 spiro atoms. The number of aromatic nitrogens is 2. The highest BCUT2D eigenvalue weighted by Gasteiger charge is 2.33. The van der Waals surface area contributed by atoms with Gasteiger partial charge in [0.1, 0.15) is 5.82 Å². The molecule has 0 unspecified atom stereocenters. The molecular formula is C14H19N3. The maximum absolute atomic E-state index is 6.56. The lowest BCUT2D eigenvalue weighted by molar-refractivity contribution is 0.282. The Morgan fingerprint density at radius 3 is 2.59 bits per heavy atom. The summed E-state index contributed by atoms with van der Waals surface area (Å²) in [5, 5.41) is 0. The molecule has 0 aliphatic heterocycles. The molecule has 0 saturated heterocycles. The average Bonchev–Trinajstić information content (AvgIpc) is 2.69. The molecule has 1 aliphatic carbocycles. The quantitative estimate of drug-likeness (QED) is 0.817. The van der Waals surface area contributed by atoms with E-state index in [-0.39, 0.29) is 5.54 Å². The predicted octanol–water partition coefficient (Wildman–Crippen LogP) is 2.69. The fourth-order valence-electron chi connectivity index (χ4n) is 3.00. The molecule has 1 aliphatic rings. The van der Waals surface area contributed by atoms with Crippen molar-refractivity contribution in [3.63, 3.8) is 0 Å². The van der Waals surface area contributed by atoms with Gasteiger partial charge in [-0.15, -0.1) is 0 Å². The van der Waals surface area contributed by atoms with E-state index in [4.69, 9.17) is 10.7 Å². The second-order valence-corrected chi connectivity index (χ2v) is 5.20. The number of benzene rings is 1. The van der Waals surface area contributed by atoms with Crippen molar-refractivity contribution in [1.82, 2.24) is 9.55 Å². The number of nitrogens with two attached hydrogens (primary N) is 1. The first-order chi connectivity index (χ1) is 8.21. The normalized spacial score (nSPS) is 19.6. The number of aryl methyl sites for hydroxylation is 1. The summed E-state index contributed by atoms with van der Waals surface area (Å²) in [6, 6.07) is 8.25. The number of imidazole rings is 1. The number of fused-ring (bicyclic) bond motifs is 1. The van der Waals surface area contributed by atoms with Crippen molar-refractivity contribution in [2.45, 2.75) is 37.6 Å². The first kappa shape index (κ1) is 10.8. The zero-order chi connectivity index (χ0) is 11.9. The third-order valence-corrected chi connectivity index (χ3v) is 3.98. The van der Waals surface area contributed by atoms with Gasteiger partial charge in [-0.1, -0.05) is 31.4 Å². The van der Waals surface area contributed by atoms with Crippen LogP contribution in [-0.4, -0.2) is 9.55 Å². The van der Waals surface area contributed by atoms with Crippen LogP contribution in [0.5, 0.6) is 0 Å². The largest absolute Gasteiger partial charge is 0.330 e. The minimum atomic E-state index is -0.216. The van der Waals surface area contributed by atoms with E-state index < -0.39 is 0 Å². The van der Waals surface area contributed by atoms with Crippen LogP contribution in [0.15, 0.2) is 24.3 Å². The number of hydrogen-bond donors (Lipinski definition) is 1. The van der Waals surface area contributed by atoms with Gasteiger partial charge in [0.2, 0.25) is 0 Å². The highest BCUT2D eigenvalue weighted by molar-refractivity contribution is 5.76. The monoisotopic (exact) mass is 229 g/mol. The van der Waals surface area contributed by atoms with Gasteiger partial charge in [-0.05, 0) is 25.0 Å². The molecule has 3 heteroatoms. The zero-order valence-electron chi connectivity index (χ0n) is 10.3. The molecule has 2 N–H and O–H groups in total. The number of hydrogen-bond acceptors (Lipinski definition) is 2. The van der Waals surface area contributed by atoms with E-state index in [2.05, 4.69) is 29.8 Å². The first-order valence-electron chi connectivity index (χ1n) is 6.41. The molecule has 0 radical (unpaired) electrons. The summed E-state index contributed by atoms with van der Waals surface area (Å²) in [6.07, 6.45) is 5.87. The Bertz CT molecular complexity index is 535. The Morgan fingerprint density at radius 2 is 1.88 bits per heavy atom. The van der Waals surface area contributed by atoms with Crippen LogP contribution in [-0.2, 0) is 12.6 Å². The van der Waals surface area contributed by atoms with E-state index in [1.54, 1.807) is 0 Å². The number of para-hydroxylation sites is 2. The third-order valence-electron chi connectivity index (χ3n) is 3.98. The third kappa shape index (κ3) is 1.65. The molecule has 3 rings (SSSR count). The minimum Gasteiger partial charge on any atom is -0.330 e. The lowest BCUT2D eigenvalue weighted by atomic mass is 9.82. The van der Waals surface area contributed by atoms with Gasteiger partial charge in [0.25, 0.3) is 0 Å². The van der Waals surface area contributed by atoms with E-state index in [0.717, 1.165) is 24.2 Å². The molecule has 1 fully saturated rings. The SMILES string of the molecule is Cn1c(C2(N)CCCCC2)nc2ccccc21. The molecular weight excluding hydrogens is 210 g/mol. The zero-order valence-corrected chi connectivity index (χ0v) is 10.3. The molecule has 1 saturated carbocycles. The van der Waals surface area contributed by atoms with E-state index in [1.807, 2.05) is 6.07 Å². The molecule has 1 aromatic carbocycles.